The third-order valence-electron chi connectivity index (χ3n) is 3.01. The van der Waals surface area contributed by atoms with Crippen LogP contribution in [0.15, 0.2) is 0 Å². The lowest BCUT2D eigenvalue weighted by atomic mass is 9.98. The van der Waals surface area contributed by atoms with Crippen molar-refractivity contribution in [2.45, 2.75) is 57.7 Å². The largest absolute Gasteiger partial charge is 0.378 e. The second kappa shape index (κ2) is 8.08. The van der Waals surface area contributed by atoms with E-state index in [1.807, 2.05) is 6.92 Å². The zero-order chi connectivity index (χ0) is 10.9. The minimum Gasteiger partial charge on any atom is -0.378 e. The average molecular weight is 215 g/mol. The summed E-state index contributed by atoms with van der Waals surface area (Å²) in [5.74, 6) is 0. The van der Waals surface area contributed by atoms with Crippen LogP contribution >= 0.6 is 0 Å². The fourth-order valence-electron chi connectivity index (χ4n) is 2.10. The first kappa shape index (κ1) is 12.9. The zero-order valence-electron chi connectivity index (χ0n) is 9.91. The van der Waals surface area contributed by atoms with Gasteiger partial charge in [-0.25, -0.2) is 0 Å². The lowest BCUT2D eigenvalue weighted by Gasteiger charge is -2.23. The summed E-state index contributed by atoms with van der Waals surface area (Å²) in [6.45, 7) is 4.14. The van der Waals surface area contributed by atoms with Crippen LogP contribution in [0.5, 0.6) is 0 Å². The topological polar surface area (TPSA) is 44.5 Å². The van der Waals surface area contributed by atoms with E-state index >= 15 is 0 Å². The van der Waals surface area contributed by atoms with E-state index in [-0.39, 0.29) is 6.10 Å². The number of nitrogens with two attached hydrogens (primary N) is 1. The molecule has 0 saturated heterocycles. The Morgan fingerprint density at radius 1 is 1.27 bits per heavy atom. The van der Waals surface area contributed by atoms with Crippen molar-refractivity contribution in [3.63, 3.8) is 0 Å². The van der Waals surface area contributed by atoms with Crippen molar-refractivity contribution in [1.29, 1.82) is 0 Å². The van der Waals surface area contributed by atoms with Crippen LogP contribution in [-0.4, -0.2) is 32.0 Å². The van der Waals surface area contributed by atoms with Crippen molar-refractivity contribution in [3.8, 4) is 0 Å². The van der Waals surface area contributed by atoms with Gasteiger partial charge < -0.3 is 15.2 Å². The Labute approximate surface area is 93.3 Å². The van der Waals surface area contributed by atoms with Crippen molar-refractivity contribution >= 4 is 0 Å². The zero-order valence-corrected chi connectivity index (χ0v) is 9.91. The van der Waals surface area contributed by atoms with Crippen molar-refractivity contribution in [3.05, 3.63) is 0 Å². The van der Waals surface area contributed by atoms with E-state index in [0.717, 1.165) is 19.6 Å². The lowest BCUT2D eigenvalue weighted by molar-refractivity contribution is -0.00662. The number of hydrogen-bond donors (Lipinski definition) is 1. The van der Waals surface area contributed by atoms with E-state index < -0.39 is 0 Å². The molecule has 15 heavy (non-hydrogen) atoms. The predicted molar refractivity (Wildman–Crippen MR) is 61.9 cm³/mol. The van der Waals surface area contributed by atoms with Crippen molar-refractivity contribution in [1.82, 2.24) is 0 Å². The molecule has 0 aliphatic heterocycles. The Kier molecular flexibility index (Phi) is 6.98. The summed E-state index contributed by atoms with van der Waals surface area (Å²) in [6, 6.07) is 0. The molecule has 1 aliphatic carbocycles. The molecule has 1 aliphatic rings. The lowest BCUT2D eigenvalue weighted by Crippen LogP contribution is -2.27. The van der Waals surface area contributed by atoms with E-state index in [1.165, 1.54) is 32.1 Å². The summed E-state index contributed by atoms with van der Waals surface area (Å²) in [5, 5.41) is 0. The normalized spacial score (nSPS) is 20.4. The molecule has 0 heterocycles. The molecule has 3 nitrogen and oxygen atoms in total. The highest BCUT2D eigenvalue weighted by atomic mass is 16.5. The maximum absolute atomic E-state index is 5.83. The first-order chi connectivity index (χ1) is 7.36. The maximum Gasteiger partial charge on any atom is 0.0719 e. The SMILES string of the molecule is CCOC(CN)CCOC1CCCCC1. The highest BCUT2D eigenvalue weighted by molar-refractivity contribution is 4.66. The summed E-state index contributed by atoms with van der Waals surface area (Å²) in [6.07, 6.45) is 8.12. The maximum atomic E-state index is 5.83. The second-order valence-corrected chi connectivity index (χ2v) is 4.23. The molecule has 0 aromatic carbocycles. The molecule has 0 aromatic heterocycles. The van der Waals surface area contributed by atoms with Crippen LogP contribution in [0.2, 0.25) is 0 Å². The molecular weight excluding hydrogens is 190 g/mol. The first-order valence-corrected chi connectivity index (χ1v) is 6.30. The molecule has 1 unspecified atom stereocenters. The van der Waals surface area contributed by atoms with Crippen molar-refractivity contribution in [2.75, 3.05) is 19.8 Å². The van der Waals surface area contributed by atoms with Crippen molar-refractivity contribution in [2.24, 2.45) is 5.73 Å². The molecule has 3 heteroatoms. The van der Waals surface area contributed by atoms with E-state index in [4.69, 9.17) is 15.2 Å². The van der Waals surface area contributed by atoms with Gasteiger partial charge in [0, 0.05) is 19.8 Å². The van der Waals surface area contributed by atoms with E-state index in [0.29, 0.717) is 12.6 Å². The fourth-order valence-corrected chi connectivity index (χ4v) is 2.10. The summed E-state index contributed by atoms with van der Waals surface area (Å²) in [4.78, 5) is 0. The molecule has 0 aromatic rings. The summed E-state index contributed by atoms with van der Waals surface area (Å²) >= 11 is 0. The Balaban J connectivity index is 2.03. The molecule has 0 amide bonds. The minimum atomic E-state index is 0.179. The van der Waals surface area contributed by atoms with Gasteiger partial charge in [0.2, 0.25) is 0 Å². The number of rotatable bonds is 7. The highest BCUT2D eigenvalue weighted by Crippen LogP contribution is 2.20. The van der Waals surface area contributed by atoms with Gasteiger partial charge in [-0.2, -0.15) is 0 Å². The van der Waals surface area contributed by atoms with Crippen LogP contribution in [0, 0.1) is 0 Å². The van der Waals surface area contributed by atoms with Crippen LogP contribution < -0.4 is 5.73 Å². The molecule has 1 atom stereocenters. The Morgan fingerprint density at radius 3 is 2.60 bits per heavy atom. The summed E-state index contributed by atoms with van der Waals surface area (Å²) < 4.78 is 11.3. The summed E-state index contributed by atoms with van der Waals surface area (Å²) in [5.41, 5.74) is 5.60. The van der Waals surface area contributed by atoms with E-state index in [1.54, 1.807) is 0 Å². The van der Waals surface area contributed by atoms with Crippen LogP contribution in [0.3, 0.4) is 0 Å². The third-order valence-corrected chi connectivity index (χ3v) is 3.01. The molecule has 0 spiro atoms. The average Bonchev–Trinajstić information content (AvgIpc) is 2.29. The fraction of sp³-hybridized carbons (Fsp3) is 1.00. The number of hydrogen-bond acceptors (Lipinski definition) is 3. The van der Waals surface area contributed by atoms with Crippen LogP contribution in [0.4, 0.5) is 0 Å². The molecule has 0 radical (unpaired) electrons. The smallest absolute Gasteiger partial charge is 0.0719 e. The third kappa shape index (κ3) is 5.50. The van der Waals surface area contributed by atoms with Gasteiger partial charge in [-0.15, -0.1) is 0 Å². The second-order valence-electron chi connectivity index (χ2n) is 4.23. The molecule has 1 rings (SSSR count). The van der Waals surface area contributed by atoms with Crippen LogP contribution in [0.25, 0.3) is 0 Å². The standard InChI is InChI=1S/C12H25NO2/c1-2-14-12(10-13)8-9-15-11-6-4-3-5-7-11/h11-12H,2-10,13H2,1H3. The minimum absolute atomic E-state index is 0.179. The van der Waals surface area contributed by atoms with Gasteiger partial charge in [-0.3, -0.25) is 0 Å². The Hall–Kier alpha value is -0.120. The molecule has 90 valence electrons. The Morgan fingerprint density at radius 2 is 2.00 bits per heavy atom. The highest BCUT2D eigenvalue weighted by Gasteiger charge is 2.14. The van der Waals surface area contributed by atoms with Gasteiger partial charge >= 0.3 is 0 Å². The first-order valence-electron chi connectivity index (χ1n) is 6.30. The monoisotopic (exact) mass is 215 g/mol. The van der Waals surface area contributed by atoms with Gasteiger partial charge in [0.25, 0.3) is 0 Å². The quantitative estimate of drug-likeness (QED) is 0.707. The molecule has 1 fully saturated rings. The van der Waals surface area contributed by atoms with E-state index in [9.17, 15) is 0 Å². The Bertz CT molecular complexity index is 142. The molecule has 0 bridgehead atoms. The molecule has 1 saturated carbocycles. The van der Waals surface area contributed by atoms with Gasteiger partial charge in [-0.05, 0) is 26.2 Å². The molecule has 2 N–H and O–H groups in total. The predicted octanol–water partition coefficient (Wildman–Crippen LogP) is 2.09. The van der Waals surface area contributed by atoms with Crippen molar-refractivity contribution < 1.29 is 9.47 Å². The van der Waals surface area contributed by atoms with E-state index in [2.05, 4.69) is 0 Å². The van der Waals surface area contributed by atoms with Crippen LogP contribution in [0.1, 0.15) is 45.4 Å². The van der Waals surface area contributed by atoms with Gasteiger partial charge in [0.1, 0.15) is 0 Å². The number of ether oxygens (including phenoxy) is 2. The van der Waals surface area contributed by atoms with Gasteiger partial charge in [0.05, 0.1) is 12.2 Å². The van der Waals surface area contributed by atoms with Gasteiger partial charge in [-0.1, -0.05) is 19.3 Å². The summed E-state index contributed by atoms with van der Waals surface area (Å²) in [7, 11) is 0. The van der Waals surface area contributed by atoms with Crippen LogP contribution in [-0.2, 0) is 9.47 Å². The molecular formula is C12H25NO2. The van der Waals surface area contributed by atoms with Gasteiger partial charge in [0.15, 0.2) is 0 Å².